The number of para-hydroxylation sites is 1. The Bertz CT molecular complexity index is 1130. The minimum Gasteiger partial charge on any atom is -0.488 e. The summed E-state index contributed by atoms with van der Waals surface area (Å²) in [5.41, 5.74) is 3.18. The number of carbonyl (C=O) groups excluding carboxylic acids is 1. The van der Waals surface area contributed by atoms with Crippen LogP contribution in [0.2, 0.25) is 5.02 Å². The Morgan fingerprint density at radius 1 is 1.03 bits per heavy atom. The maximum absolute atomic E-state index is 12.5. The van der Waals surface area contributed by atoms with E-state index in [1.54, 1.807) is 17.8 Å². The number of nitrogens with zero attached hydrogens (tertiary/aromatic N) is 2. The van der Waals surface area contributed by atoms with Crippen LogP contribution in [0.5, 0.6) is 5.75 Å². The molecule has 30 heavy (non-hydrogen) atoms. The van der Waals surface area contributed by atoms with Crippen LogP contribution in [0.1, 0.15) is 21.6 Å². The summed E-state index contributed by atoms with van der Waals surface area (Å²) in [6, 6.07) is 19.0. The summed E-state index contributed by atoms with van der Waals surface area (Å²) < 4.78 is 6.01. The Labute approximate surface area is 183 Å². The predicted molar refractivity (Wildman–Crippen MR) is 119 cm³/mol. The van der Waals surface area contributed by atoms with E-state index in [9.17, 15) is 4.79 Å². The normalized spacial score (nSPS) is 10.6. The average Bonchev–Trinajstić information content (AvgIpc) is 3.28. The lowest BCUT2D eigenvalue weighted by Gasteiger charge is -2.10. The number of pyridine rings is 1. The van der Waals surface area contributed by atoms with E-state index in [0.29, 0.717) is 29.6 Å². The van der Waals surface area contributed by atoms with Gasteiger partial charge in [-0.1, -0.05) is 41.9 Å². The molecule has 0 radical (unpaired) electrons. The molecule has 0 unspecified atom stereocenters. The highest BCUT2D eigenvalue weighted by atomic mass is 35.5. The first-order valence-corrected chi connectivity index (χ1v) is 10.5. The monoisotopic (exact) mass is 435 g/mol. The number of aromatic nitrogens is 2. The third-order valence-electron chi connectivity index (χ3n) is 4.34. The number of hydrogen-bond acceptors (Lipinski definition) is 5. The Kier molecular flexibility index (Phi) is 6.37. The van der Waals surface area contributed by atoms with Crippen molar-refractivity contribution in [1.29, 1.82) is 0 Å². The van der Waals surface area contributed by atoms with E-state index in [0.717, 1.165) is 21.7 Å². The molecule has 0 aliphatic rings. The predicted octanol–water partition coefficient (Wildman–Crippen LogP) is 5.37. The van der Waals surface area contributed by atoms with Gasteiger partial charge < -0.3 is 10.1 Å². The van der Waals surface area contributed by atoms with Crippen LogP contribution >= 0.6 is 22.9 Å². The molecular formula is C23H18ClN3O2S. The van der Waals surface area contributed by atoms with E-state index in [4.69, 9.17) is 16.3 Å². The van der Waals surface area contributed by atoms with Gasteiger partial charge in [0.05, 0.1) is 5.56 Å². The first-order chi connectivity index (χ1) is 14.7. The number of nitrogens with one attached hydrogen (secondary N) is 1. The van der Waals surface area contributed by atoms with Crippen molar-refractivity contribution in [2.45, 2.75) is 13.2 Å². The van der Waals surface area contributed by atoms with Gasteiger partial charge in [0.15, 0.2) is 0 Å². The van der Waals surface area contributed by atoms with Gasteiger partial charge >= 0.3 is 0 Å². The molecule has 5 nitrogen and oxygen atoms in total. The number of halogens is 1. The van der Waals surface area contributed by atoms with Gasteiger partial charge in [-0.3, -0.25) is 9.78 Å². The molecule has 0 spiro atoms. The number of ether oxygens (including phenoxy) is 1. The number of rotatable bonds is 7. The highest BCUT2D eigenvalue weighted by Gasteiger charge is 2.14. The first-order valence-electron chi connectivity index (χ1n) is 9.28. The van der Waals surface area contributed by atoms with Crippen LogP contribution in [0.15, 0.2) is 78.4 Å². The molecule has 150 valence electrons. The van der Waals surface area contributed by atoms with Gasteiger partial charge in [-0.05, 0) is 41.5 Å². The molecule has 0 atom stereocenters. The van der Waals surface area contributed by atoms with Crippen molar-refractivity contribution >= 4 is 28.8 Å². The molecule has 0 aliphatic heterocycles. The maximum atomic E-state index is 12.5. The summed E-state index contributed by atoms with van der Waals surface area (Å²) in [4.78, 5) is 21.0. The lowest BCUT2D eigenvalue weighted by atomic mass is 10.2. The second-order valence-corrected chi connectivity index (χ2v) is 7.79. The molecule has 1 amide bonds. The SMILES string of the molecule is O=C(NCc1cccnc1)c1csc(-c2ccccc2OCc2ccc(Cl)cc2)n1. The van der Waals surface area contributed by atoms with E-state index in [1.807, 2.05) is 60.7 Å². The number of amides is 1. The van der Waals surface area contributed by atoms with Crippen LogP contribution in [-0.4, -0.2) is 15.9 Å². The molecule has 2 heterocycles. The van der Waals surface area contributed by atoms with Crippen molar-refractivity contribution in [3.05, 3.63) is 100 Å². The maximum Gasteiger partial charge on any atom is 0.271 e. The number of carbonyl (C=O) groups is 1. The lowest BCUT2D eigenvalue weighted by Crippen LogP contribution is -2.23. The summed E-state index contributed by atoms with van der Waals surface area (Å²) in [6.45, 7) is 0.818. The Hall–Kier alpha value is -3.22. The summed E-state index contributed by atoms with van der Waals surface area (Å²) in [5.74, 6) is 0.491. The lowest BCUT2D eigenvalue weighted by molar-refractivity contribution is 0.0946. The highest BCUT2D eigenvalue weighted by Crippen LogP contribution is 2.32. The number of thiazole rings is 1. The topological polar surface area (TPSA) is 64.1 Å². The summed E-state index contributed by atoms with van der Waals surface area (Å²) >= 11 is 7.34. The van der Waals surface area contributed by atoms with Crippen molar-refractivity contribution in [2.75, 3.05) is 0 Å². The second kappa shape index (κ2) is 9.52. The van der Waals surface area contributed by atoms with Crippen molar-refractivity contribution in [3.63, 3.8) is 0 Å². The Morgan fingerprint density at radius 2 is 1.87 bits per heavy atom. The fourth-order valence-corrected chi connectivity index (χ4v) is 3.74. The molecular weight excluding hydrogens is 418 g/mol. The second-order valence-electron chi connectivity index (χ2n) is 6.49. The Morgan fingerprint density at radius 3 is 2.67 bits per heavy atom. The molecule has 4 rings (SSSR count). The molecule has 2 aromatic heterocycles. The van der Waals surface area contributed by atoms with Gasteiger partial charge in [0.25, 0.3) is 5.91 Å². The van der Waals surface area contributed by atoms with Crippen LogP contribution in [0.3, 0.4) is 0 Å². The zero-order chi connectivity index (χ0) is 20.8. The van der Waals surface area contributed by atoms with Crippen molar-refractivity contribution in [3.8, 4) is 16.3 Å². The smallest absolute Gasteiger partial charge is 0.271 e. The molecule has 0 saturated carbocycles. The van der Waals surface area contributed by atoms with Crippen LogP contribution < -0.4 is 10.1 Å². The summed E-state index contributed by atoms with van der Waals surface area (Å²) in [7, 11) is 0. The van der Waals surface area contributed by atoms with E-state index in [2.05, 4.69) is 15.3 Å². The van der Waals surface area contributed by atoms with Crippen molar-refractivity contribution in [2.24, 2.45) is 0 Å². The van der Waals surface area contributed by atoms with Crippen LogP contribution in [0.25, 0.3) is 10.6 Å². The van der Waals surface area contributed by atoms with Gasteiger partial charge in [0, 0.05) is 29.3 Å². The minimum absolute atomic E-state index is 0.221. The van der Waals surface area contributed by atoms with Gasteiger partial charge in [-0.2, -0.15) is 0 Å². The molecule has 2 aromatic carbocycles. The largest absolute Gasteiger partial charge is 0.488 e. The van der Waals surface area contributed by atoms with Gasteiger partial charge in [0.1, 0.15) is 23.1 Å². The van der Waals surface area contributed by atoms with Gasteiger partial charge in [-0.15, -0.1) is 11.3 Å². The summed E-state index contributed by atoms with van der Waals surface area (Å²) in [5, 5.41) is 6.04. The summed E-state index contributed by atoms with van der Waals surface area (Å²) in [6.07, 6.45) is 3.42. The minimum atomic E-state index is -0.221. The van der Waals surface area contributed by atoms with Crippen LogP contribution in [-0.2, 0) is 13.2 Å². The molecule has 0 bridgehead atoms. The van der Waals surface area contributed by atoms with E-state index >= 15 is 0 Å². The van der Waals surface area contributed by atoms with E-state index < -0.39 is 0 Å². The Balaban J connectivity index is 1.45. The fraction of sp³-hybridized carbons (Fsp3) is 0.0870. The number of hydrogen-bond donors (Lipinski definition) is 1. The van der Waals surface area contributed by atoms with Gasteiger partial charge in [-0.25, -0.2) is 4.98 Å². The van der Waals surface area contributed by atoms with Crippen molar-refractivity contribution in [1.82, 2.24) is 15.3 Å². The molecule has 0 aliphatic carbocycles. The standard InChI is InChI=1S/C23H18ClN3O2S/c24-18-9-7-16(8-10-18)14-29-21-6-2-1-5-19(21)23-27-20(15-30-23)22(28)26-13-17-4-3-11-25-12-17/h1-12,15H,13-14H2,(H,26,28). The van der Waals surface area contributed by atoms with Crippen LogP contribution in [0.4, 0.5) is 0 Å². The zero-order valence-corrected chi connectivity index (χ0v) is 17.5. The van der Waals surface area contributed by atoms with Gasteiger partial charge in [0.2, 0.25) is 0 Å². The quantitative estimate of drug-likeness (QED) is 0.424. The van der Waals surface area contributed by atoms with E-state index in [1.165, 1.54) is 11.3 Å². The first kappa shape index (κ1) is 20.1. The highest BCUT2D eigenvalue weighted by molar-refractivity contribution is 7.13. The fourth-order valence-electron chi connectivity index (χ4n) is 2.79. The molecule has 1 N–H and O–H groups in total. The zero-order valence-electron chi connectivity index (χ0n) is 15.9. The van der Waals surface area contributed by atoms with Crippen LogP contribution in [0, 0.1) is 0 Å². The molecule has 0 saturated heterocycles. The van der Waals surface area contributed by atoms with E-state index in [-0.39, 0.29) is 5.91 Å². The average molecular weight is 436 g/mol. The molecule has 4 aromatic rings. The number of benzene rings is 2. The molecule has 7 heteroatoms. The van der Waals surface area contributed by atoms with Crippen molar-refractivity contribution < 1.29 is 9.53 Å². The molecule has 0 fully saturated rings. The third kappa shape index (κ3) is 5.03. The third-order valence-corrected chi connectivity index (χ3v) is 5.47.